The van der Waals surface area contributed by atoms with Gasteiger partial charge < -0.3 is 5.73 Å². The summed E-state index contributed by atoms with van der Waals surface area (Å²) >= 11 is 16.0. The molecule has 2 aromatic rings. The van der Waals surface area contributed by atoms with Gasteiger partial charge in [0.05, 0.1) is 0 Å². The first-order valence-electron chi connectivity index (χ1n) is 6.61. The molecule has 112 valence electrons. The molecule has 2 N–H and O–H groups in total. The van der Waals surface area contributed by atoms with Crippen molar-refractivity contribution in [2.75, 3.05) is 13.6 Å². The molecule has 0 bridgehead atoms. The first-order valence-corrected chi connectivity index (χ1v) is 8.16. The predicted molar refractivity (Wildman–Crippen MR) is 93.9 cm³/mol. The Balaban J connectivity index is 2.25. The number of hydrogen-bond acceptors (Lipinski definition) is 2. The Labute approximate surface area is 144 Å². The fourth-order valence-electron chi connectivity index (χ4n) is 2.32. The number of likely N-dealkylation sites (N-methyl/N-ethyl adjacent to an activating group) is 1. The van der Waals surface area contributed by atoms with Crippen LogP contribution in [0.15, 0.2) is 46.9 Å². The lowest BCUT2D eigenvalue weighted by Gasteiger charge is -2.28. The summed E-state index contributed by atoms with van der Waals surface area (Å²) in [6.07, 6.45) is 0. The smallest absolute Gasteiger partial charge is 0.0486 e. The second-order valence-corrected chi connectivity index (χ2v) is 6.65. The van der Waals surface area contributed by atoms with E-state index in [1.165, 1.54) is 0 Å². The lowest BCUT2D eigenvalue weighted by molar-refractivity contribution is 0.242. The van der Waals surface area contributed by atoms with Gasteiger partial charge >= 0.3 is 0 Å². The van der Waals surface area contributed by atoms with Gasteiger partial charge in [0.25, 0.3) is 0 Å². The summed E-state index contributed by atoms with van der Waals surface area (Å²) < 4.78 is 0.992. The van der Waals surface area contributed by atoms with E-state index in [-0.39, 0.29) is 6.04 Å². The number of nitrogens with zero attached hydrogens (tertiary/aromatic N) is 1. The van der Waals surface area contributed by atoms with Crippen LogP contribution < -0.4 is 5.73 Å². The zero-order valence-corrected chi connectivity index (χ0v) is 14.8. The molecule has 0 spiro atoms. The largest absolute Gasteiger partial charge is 0.329 e. The van der Waals surface area contributed by atoms with E-state index in [1.54, 1.807) is 0 Å². The Hall–Kier alpha value is -0.580. The third kappa shape index (κ3) is 4.21. The molecule has 5 heteroatoms. The molecule has 0 fully saturated rings. The van der Waals surface area contributed by atoms with Gasteiger partial charge in [0.15, 0.2) is 0 Å². The minimum absolute atomic E-state index is 0.0336. The second kappa shape index (κ2) is 7.61. The predicted octanol–water partition coefficient (Wildman–Crippen LogP) is 4.89. The van der Waals surface area contributed by atoms with Crippen molar-refractivity contribution in [2.24, 2.45) is 5.73 Å². The molecule has 0 radical (unpaired) electrons. The van der Waals surface area contributed by atoms with Crippen molar-refractivity contribution in [3.63, 3.8) is 0 Å². The van der Waals surface area contributed by atoms with Crippen molar-refractivity contribution >= 4 is 39.1 Å². The molecule has 0 aliphatic rings. The van der Waals surface area contributed by atoms with E-state index in [1.807, 2.05) is 49.5 Å². The highest BCUT2D eigenvalue weighted by molar-refractivity contribution is 9.10. The molecule has 2 nitrogen and oxygen atoms in total. The third-order valence-corrected chi connectivity index (χ3v) is 4.66. The standard InChI is InChI=1S/C16H17BrCl2N2/c1-21(10-11-4-2-3-5-14(11)18)16(9-20)13-8-12(17)6-7-15(13)19/h2-8,16H,9-10,20H2,1H3. The lowest BCUT2D eigenvalue weighted by atomic mass is 10.0. The summed E-state index contributed by atoms with van der Waals surface area (Å²) in [6, 6.07) is 13.7. The fraction of sp³-hybridized carbons (Fsp3) is 0.250. The SMILES string of the molecule is CN(Cc1ccccc1Cl)C(CN)c1cc(Br)ccc1Cl. The van der Waals surface area contributed by atoms with Crippen LogP contribution in [0.25, 0.3) is 0 Å². The van der Waals surface area contributed by atoms with Crippen LogP contribution in [-0.2, 0) is 6.54 Å². The Kier molecular flexibility index (Phi) is 6.08. The van der Waals surface area contributed by atoms with E-state index in [9.17, 15) is 0 Å². The molecule has 0 amide bonds. The summed E-state index contributed by atoms with van der Waals surface area (Å²) in [5.41, 5.74) is 8.06. The fourth-order valence-corrected chi connectivity index (χ4v) is 3.14. The van der Waals surface area contributed by atoms with Gasteiger partial charge in [-0.2, -0.15) is 0 Å². The zero-order valence-electron chi connectivity index (χ0n) is 11.7. The highest BCUT2D eigenvalue weighted by Crippen LogP contribution is 2.30. The highest BCUT2D eigenvalue weighted by Gasteiger charge is 2.19. The van der Waals surface area contributed by atoms with Crippen molar-refractivity contribution in [3.8, 4) is 0 Å². The van der Waals surface area contributed by atoms with Gasteiger partial charge in [0.1, 0.15) is 0 Å². The van der Waals surface area contributed by atoms with Crippen molar-refractivity contribution < 1.29 is 0 Å². The second-order valence-electron chi connectivity index (χ2n) is 4.92. The number of nitrogens with two attached hydrogens (primary N) is 1. The summed E-state index contributed by atoms with van der Waals surface area (Å²) in [5, 5.41) is 1.49. The molecule has 0 saturated carbocycles. The number of rotatable bonds is 5. The minimum atomic E-state index is 0.0336. The molecule has 0 aliphatic heterocycles. The molecule has 2 rings (SSSR count). The molecule has 21 heavy (non-hydrogen) atoms. The van der Waals surface area contributed by atoms with E-state index < -0.39 is 0 Å². The maximum Gasteiger partial charge on any atom is 0.0486 e. The zero-order chi connectivity index (χ0) is 15.4. The average molecular weight is 388 g/mol. The van der Waals surface area contributed by atoms with Gasteiger partial charge in [0.2, 0.25) is 0 Å². The summed E-state index contributed by atoms with van der Waals surface area (Å²) in [7, 11) is 2.03. The van der Waals surface area contributed by atoms with E-state index in [2.05, 4.69) is 20.8 Å². The Morgan fingerprint density at radius 3 is 2.52 bits per heavy atom. The molecule has 0 aromatic heterocycles. The quantitative estimate of drug-likeness (QED) is 0.791. The maximum absolute atomic E-state index is 6.32. The van der Waals surface area contributed by atoms with Crippen LogP contribution in [-0.4, -0.2) is 18.5 Å². The first kappa shape index (κ1) is 16.8. The van der Waals surface area contributed by atoms with Gasteiger partial charge in [0, 0.05) is 33.6 Å². The van der Waals surface area contributed by atoms with Crippen LogP contribution in [0, 0.1) is 0 Å². The number of benzene rings is 2. The van der Waals surface area contributed by atoms with Crippen LogP contribution in [0.3, 0.4) is 0 Å². The molecule has 0 saturated heterocycles. The van der Waals surface area contributed by atoms with Crippen LogP contribution in [0.1, 0.15) is 17.2 Å². The van der Waals surface area contributed by atoms with E-state index in [0.717, 1.165) is 25.6 Å². The summed E-state index contributed by atoms with van der Waals surface area (Å²) in [6.45, 7) is 1.20. The highest BCUT2D eigenvalue weighted by atomic mass is 79.9. The molecular formula is C16H17BrCl2N2. The van der Waals surface area contributed by atoms with Crippen LogP contribution in [0.5, 0.6) is 0 Å². The van der Waals surface area contributed by atoms with Crippen LogP contribution in [0.4, 0.5) is 0 Å². The van der Waals surface area contributed by atoms with Gasteiger partial charge in [-0.25, -0.2) is 0 Å². The van der Waals surface area contributed by atoms with Gasteiger partial charge in [-0.05, 0) is 42.4 Å². The van der Waals surface area contributed by atoms with Crippen LogP contribution >= 0.6 is 39.1 Å². The van der Waals surface area contributed by atoms with Crippen molar-refractivity contribution in [3.05, 3.63) is 68.1 Å². The average Bonchev–Trinajstić information content (AvgIpc) is 2.46. The summed E-state index contributed by atoms with van der Waals surface area (Å²) in [5.74, 6) is 0. The molecule has 0 heterocycles. The monoisotopic (exact) mass is 386 g/mol. The van der Waals surface area contributed by atoms with Crippen molar-refractivity contribution in [1.82, 2.24) is 4.90 Å². The number of halogens is 3. The molecular weight excluding hydrogens is 371 g/mol. The topological polar surface area (TPSA) is 29.3 Å². The Bertz CT molecular complexity index is 619. The minimum Gasteiger partial charge on any atom is -0.329 e. The third-order valence-electron chi connectivity index (χ3n) is 3.45. The summed E-state index contributed by atoms with van der Waals surface area (Å²) in [4.78, 5) is 2.16. The maximum atomic E-state index is 6.32. The van der Waals surface area contributed by atoms with Gasteiger partial charge in [-0.3, -0.25) is 4.90 Å². The molecule has 1 atom stereocenters. The lowest BCUT2D eigenvalue weighted by Crippen LogP contribution is -2.30. The molecule has 2 aromatic carbocycles. The van der Waals surface area contributed by atoms with Crippen LogP contribution in [0.2, 0.25) is 10.0 Å². The Morgan fingerprint density at radius 2 is 1.86 bits per heavy atom. The van der Waals surface area contributed by atoms with Gasteiger partial charge in [-0.15, -0.1) is 0 Å². The van der Waals surface area contributed by atoms with Gasteiger partial charge in [-0.1, -0.05) is 57.3 Å². The molecule has 0 aliphatic carbocycles. The number of hydrogen-bond donors (Lipinski definition) is 1. The normalized spacial score (nSPS) is 12.7. The molecule has 1 unspecified atom stereocenters. The van der Waals surface area contributed by atoms with E-state index in [0.29, 0.717) is 13.1 Å². The van der Waals surface area contributed by atoms with E-state index in [4.69, 9.17) is 28.9 Å². The van der Waals surface area contributed by atoms with Crippen molar-refractivity contribution in [2.45, 2.75) is 12.6 Å². The van der Waals surface area contributed by atoms with E-state index >= 15 is 0 Å². The Morgan fingerprint density at radius 1 is 1.14 bits per heavy atom. The van der Waals surface area contributed by atoms with Crippen molar-refractivity contribution in [1.29, 1.82) is 0 Å². The first-order chi connectivity index (χ1) is 10.0.